The van der Waals surface area contributed by atoms with Gasteiger partial charge < -0.3 is 5.73 Å². The van der Waals surface area contributed by atoms with Gasteiger partial charge in [-0.3, -0.25) is 0 Å². The summed E-state index contributed by atoms with van der Waals surface area (Å²) in [7, 11) is -3.51. The van der Waals surface area contributed by atoms with Crippen LogP contribution in [0.15, 0.2) is 23.1 Å². The topological polar surface area (TPSA) is 63.4 Å². The van der Waals surface area contributed by atoms with Crippen molar-refractivity contribution in [3.63, 3.8) is 0 Å². The predicted octanol–water partition coefficient (Wildman–Crippen LogP) is 1.74. The molecule has 2 N–H and O–H groups in total. The molecule has 0 amide bonds. The average molecular weight is 298 g/mol. The van der Waals surface area contributed by atoms with Crippen molar-refractivity contribution in [2.75, 3.05) is 6.54 Å². The van der Waals surface area contributed by atoms with Gasteiger partial charge in [0.1, 0.15) is 0 Å². The van der Waals surface area contributed by atoms with E-state index in [-0.39, 0.29) is 11.0 Å². The van der Waals surface area contributed by atoms with Crippen molar-refractivity contribution in [3.8, 4) is 0 Å². The Labute approximate surface area is 119 Å². The molecule has 2 rings (SSSR count). The minimum Gasteiger partial charge on any atom is -0.392 e. The zero-order chi connectivity index (χ0) is 14.2. The number of thiocarbonyl (C=S) groups is 1. The molecular formula is C13H18N2O2S2. The number of hydrogen-bond acceptors (Lipinski definition) is 3. The normalized spacial score (nSPS) is 20.6. The standard InChI is InChI=1S/C13H18N2O2S2/c1-9-5-6-11(8-10(9)2)19(16,17)15-7-3-4-12(15)13(14)18/h5-6,8,12H,3-4,7H2,1-2H3,(H2,14,18). The first-order chi connectivity index (χ1) is 8.84. The maximum absolute atomic E-state index is 12.6. The van der Waals surface area contributed by atoms with Crippen LogP contribution in [0, 0.1) is 13.8 Å². The Hall–Kier alpha value is -0.980. The van der Waals surface area contributed by atoms with E-state index in [0.717, 1.165) is 17.5 Å². The van der Waals surface area contributed by atoms with Crippen molar-refractivity contribution in [3.05, 3.63) is 29.3 Å². The van der Waals surface area contributed by atoms with E-state index in [1.54, 1.807) is 12.1 Å². The second-order valence-corrected chi connectivity index (χ2v) is 7.28. The molecule has 1 aromatic rings. The number of aryl methyl sites for hydroxylation is 2. The number of nitrogens with two attached hydrogens (primary N) is 1. The van der Waals surface area contributed by atoms with Crippen LogP contribution in [0.5, 0.6) is 0 Å². The molecule has 19 heavy (non-hydrogen) atoms. The Bertz CT molecular complexity index is 611. The summed E-state index contributed by atoms with van der Waals surface area (Å²) in [6.45, 7) is 4.35. The Morgan fingerprint density at radius 3 is 2.63 bits per heavy atom. The first kappa shape index (κ1) is 14.4. The predicted molar refractivity (Wildman–Crippen MR) is 79.6 cm³/mol. The first-order valence-electron chi connectivity index (χ1n) is 6.22. The molecule has 0 saturated carbocycles. The van der Waals surface area contributed by atoms with Crippen molar-refractivity contribution < 1.29 is 8.42 Å². The van der Waals surface area contributed by atoms with Crippen LogP contribution >= 0.6 is 12.2 Å². The fourth-order valence-corrected chi connectivity index (χ4v) is 4.39. The minimum atomic E-state index is -3.51. The summed E-state index contributed by atoms with van der Waals surface area (Å²) >= 11 is 4.97. The van der Waals surface area contributed by atoms with E-state index in [4.69, 9.17) is 18.0 Å². The fraction of sp³-hybridized carbons (Fsp3) is 0.462. The third-order valence-corrected chi connectivity index (χ3v) is 5.79. The van der Waals surface area contributed by atoms with Gasteiger partial charge in [0.15, 0.2) is 0 Å². The van der Waals surface area contributed by atoms with Crippen LogP contribution in [0.4, 0.5) is 0 Å². The largest absolute Gasteiger partial charge is 0.392 e. The van der Waals surface area contributed by atoms with Crippen LogP contribution in [-0.4, -0.2) is 30.3 Å². The van der Waals surface area contributed by atoms with E-state index in [1.165, 1.54) is 4.31 Å². The van der Waals surface area contributed by atoms with Crippen molar-refractivity contribution in [2.24, 2.45) is 5.73 Å². The molecule has 1 aliphatic rings. The van der Waals surface area contributed by atoms with E-state index in [2.05, 4.69) is 0 Å². The van der Waals surface area contributed by atoms with Crippen molar-refractivity contribution in [2.45, 2.75) is 37.6 Å². The van der Waals surface area contributed by atoms with E-state index >= 15 is 0 Å². The van der Waals surface area contributed by atoms with E-state index in [1.807, 2.05) is 19.9 Å². The number of hydrogen-bond donors (Lipinski definition) is 1. The van der Waals surface area contributed by atoms with Gasteiger partial charge >= 0.3 is 0 Å². The molecule has 4 nitrogen and oxygen atoms in total. The quantitative estimate of drug-likeness (QED) is 0.863. The lowest BCUT2D eigenvalue weighted by Gasteiger charge is -2.23. The summed E-state index contributed by atoms with van der Waals surface area (Å²) in [6.07, 6.45) is 1.51. The molecular weight excluding hydrogens is 280 g/mol. The van der Waals surface area contributed by atoms with E-state index in [9.17, 15) is 8.42 Å². The lowest BCUT2D eigenvalue weighted by Crippen LogP contribution is -2.42. The first-order valence-corrected chi connectivity index (χ1v) is 8.07. The number of nitrogens with zero attached hydrogens (tertiary/aromatic N) is 1. The molecule has 1 saturated heterocycles. The molecule has 0 aliphatic carbocycles. The van der Waals surface area contributed by atoms with E-state index < -0.39 is 10.0 Å². The summed E-state index contributed by atoms with van der Waals surface area (Å²) in [5, 5.41) is 0. The molecule has 1 unspecified atom stereocenters. The molecule has 6 heteroatoms. The maximum Gasteiger partial charge on any atom is 0.243 e. The second-order valence-electron chi connectivity index (χ2n) is 4.92. The highest BCUT2D eigenvalue weighted by Gasteiger charge is 2.36. The molecule has 0 aromatic heterocycles. The van der Waals surface area contributed by atoms with E-state index in [0.29, 0.717) is 17.9 Å². The molecule has 1 aliphatic heterocycles. The van der Waals surface area contributed by atoms with Crippen LogP contribution in [0.2, 0.25) is 0 Å². The van der Waals surface area contributed by atoms with Gasteiger partial charge in [-0.1, -0.05) is 18.3 Å². The lowest BCUT2D eigenvalue weighted by atomic mass is 10.1. The highest BCUT2D eigenvalue weighted by Crippen LogP contribution is 2.27. The molecule has 1 atom stereocenters. The zero-order valence-electron chi connectivity index (χ0n) is 11.1. The SMILES string of the molecule is Cc1ccc(S(=O)(=O)N2CCCC2C(N)=S)cc1C. The molecule has 1 heterocycles. The van der Waals surface area contributed by atoms with Crippen LogP contribution in [0.25, 0.3) is 0 Å². The van der Waals surface area contributed by atoms with Crippen LogP contribution in [0.1, 0.15) is 24.0 Å². The average Bonchev–Trinajstić information content (AvgIpc) is 2.82. The van der Waals surface area contributed by atoms with Gasteiger partial charge in [0.2, 0.25) is 10.0 Å². The Morgan fingerprint density at radius 2 is 2.05 bits per heavy atom. The summed E-state index contributed by atoms with van der Waals surface area (Å²) in [4.78, 5) is 0.573. The molecule has 0 bridgehead atoms. The van der Waals surface area contributed by atoms with Gasteiger partial charge in [0.05, 0.1) is 15.9 Å². The summed E-state index contributed by atoms with van der Waals surface area (Å²) in [6, 6.07) is 4.84. The summed E-state index contributed by atoms with van der Waals surface area (Å²) < 4.78 is 26.7. The van der Waals surface area contributed by atoms with Gasteiger partial charge in [-0.2, -0.15) is 4.31 Å². The minimum absolute atomic E-state index is 0.255. The third-order valence-electron chi connectivity index (χ3n) is 3.62. The smallest absolute Gasteiger partial charge is 0.243 e. The third kappa shape index (κ3) is 2.66. The van der Waals surface area contributed by atoms with Gasteiger partial charge in [-0.25, -0.2) is 8.42 Å². The van der Waals surface area contributed by atoms with Crippen molar-refractivity contribution in [1.29, 1.82) is 0 Å². The highest BCUT2D eigenvalue weighted by molar-refractivity contribution is 7.89. The Morgan fingerprint density at radius 1 is 1.37 bits per heavy atom. The van der Waals surface area contributed by atoms with Gasteiger partial charge in [-0.15, -0.1) is 0 Å². The highest BCUT2D eigenvalue weighted by atomic mass is 32.2. The molecule has 0 radical (unpaired) electrons. The second kappa shape index (κ2) is 5.19. The van der Waals surface area contributed by atoms with Crippen LogP contribution in [0.3, 0.4) is 0 Å². The maximum atomic E-state index is 12.6. The Kier molecular flexibility index (Phi) is 3.94. The number of rotatable bonds is 3. The molecule has 104 valence electrons. The van der Waals surface area contributed by atoms with Crippen LogP contribution in [-0.2, 0) is 10.0 Å². The fourth-order valence-electron chi connectivity index (χ4n) is 2.32. The van der Waals surface area contributed by atoms with Crippen LogP contribution < -0.4 is 5.73 Å². The Balaban J connectivity index is 2.42. The van der Waals surface area contributed by atoms with Gasteiger partial charge in [-0.05, 0) is 49.9 Å². The molecule has 0 spiro atoms. The summed E-state index contributed by atoms with van der Waals surface area (Å²) in [5.41, 5.74) is 7.68. The monoisotopic (exact) mass is 298 g/mol. The molecule has 1 fully saturated rings. The zero-order valence-corrected chi connectivity index (χ0v) is 12.7. The van der Waals surface area contributed by atoms with Crippen molar-refractivity contribution >= 4 is 27.2 Å². The molecule has 1 aromatic carbocycles. The number of sulfonamides is 1. The van der Waals surface area contributed by atoms with Gasteiger partial charge in [0.25, 0.3) is 0 Å². The van der Waals surface area contributed by atoms with Gasteiger partial charge in [0, 0.05) is 6.54 Å². The lowest BCUT2D eigenvalue weighted by molar-refractivity contribution is 0.446. The number of benzene rings is 1. The summed E-state index contributed by atoms with van der Waals surface area (Å²) in [5.74, 6) is 0. The van der Waals surface area contributed by atoms with Crippen molar-refractivity contribution in [1.82, 2.24) is 4.31 Å².